The van der Waals surface area contributed by atoms with Crippen LogP contribution in [-0.2, 0) is 5.41 Å². The minimum atomic E-state index is -0.546. The van der Waals surface area contributed by atoms with E-state index in [-0.39, 0.29) is 0 Å². The standard InChI is InChI=1S/C65H43NO/c1-3-21-50(22-4-1)65(51-23-5-2-6-24-51)60-30-12-9-25-54(60)55-40-39-53(43-61(55)65)66(62-31-13-10-26-56(62)58-28-16-29-59-57-27-11-14-32-63(57)67-64(58)59)52-37-35-45(36-38-52)47-19-15-20-48(41-47)49-34-33-44-17-7-8-18-46(44)42-49/h1-43H. The van der Waals surface area contributed by atoms with Gasteiger partial charge in [-0.3, -0.25) is 0 Å². The molecule has 0 aliphatic heterocycles. The highest BCUT2D eigenvalue weighted by Gasteiger charge is 2.46. The molecule has 0 radical (unpaired) electrons. The fourth-order valence-corrected chi connectivity index (χ4v) is 10.9. The van der Waals surface area contributed by atoms with Gasteiger partial charge < -0.3 is 9.32 Å². The van der Waals surface area contributed by atoms with Crippen LogP contribution < -0.4 is 4.90 Å². The third-order valence-corrected chi connectivity index (χ3v) is 13.9. The van der Waals surface area contributed by atoms with Gasteiger partial charge in [-0.2, -0.15) is 0 Å². The number of furan rings is 1. The maximum atomic E-state index is 6.71. The van der Waals surface area contributed by atoms with E-state index in [1.54, 1.807) is 0 Å². The van der Waals surface area contributed by atoms with Gasteiger partial charge >= 0.3 is 0 Å². The Kier molecular flexibility index (Phi) is 9.11. The van der Waals surface area contributed by atoms with Crippen molar-refractivity contribution in [2.75, 3.05) is 4.90 Å². The van der Waals surface area contributed by atoms with E-state index in [2.05, 4.69) is 260 Å². The molecule has 13 rings (SSSR count). The lowest BCUT2D eigenvalue weighted by Gasteiger charge is -2.35. The average Bonchev–Trinajstić information content (AvgIpc) is 3.93. The third kappa shape index (κ3) is 6.26. The molecule has 0 unspecified atom stereocenters. The molecule has 1 heterocycles. The van der Waals surface area contributed by atoms with E-state index in [9.17, 15) is 0 Å². The Morgan fingerprint density at radius 3 is 1.69 bits per heavy atom. The number of rotatable bonds is 8. The highest BCUT2D eigenvalue weighted by molar-refractivity contribution is 6.11. The summed E-state index contributed by atoms with van der Waals surface area (Å²) in [5, 5.41) is 4.71. The van der Waals surface area contributed by atoms with Gasteiger partial charge in [0.1, 0.15) is 11.2 Å². The van der Waals surface area contributed by atoms with Crippen LogP contribution in [0, 0.1) is 0 Å². The summed E-state index contributed by atoms with van der Waals surface area (Å²) in [7, 11) is 0. The molecule has 0 fully saturated rings. The Morgan fingerprint density at radius 1 is 0.313 bits per heavy atom. The SMILES string of the molecule is c1ccc(C2(c3ccccc3)c3ccccc3-c3ccc(N(c4ccc(-c5cccc(-c6ccc7ccccc7c6)c5)cc4)c4ccccc4-c4cccc5c4oc4ccccc45)cc32)cc1. The Balaban J connectivity index is 1.01. The van der Waals surface area contributed by atoms with Crippen molar-refractivity contribution in [2.45, 2.75) is 5.41 Å². The van der Waals surface area contributed by atoms with E-state index in [1.165, 1.54) is 60.8 Å². The van der Waals surface area contributed by atoms with E-state index < -0.39 is 5.41 Å². The first-order valence-corrected chi connectivity index (χ1v) is 23.1. The third-order valence-electron chi connectivity index (χ3n) is 13.9. The maximum absolute atomic E-state index is 6.71. The molecule has 0 spiro atoms. The molecule has 314 valence electrons. The van der Waals surface area contributed by atoms with E-state index in [1.807, 2.05) is 6.07 Å². The van der Waals surface area contributed by atoms with Crippen molar-refractivity contribution in [1.29, 1.82) is 0 Å². The van der Waals surface area contributed by atoms with Crippen LogP contribution >= 0.6 is 0 Å². The van der Waals surface area contributed by atoms with Gasteiger partial charge in [0.2, 0.25) is 0 Å². The normalized spacial score (nSPS) is 12.6. The van der Waals surface area contributed by atoms with Crippen molar-refractivity contribution in [3.05, 3.63) is 283 Å². The minimum absolute atomic E-state index is 0.546. The lowest BCUT2D eigenvalue weighted by Crippen LogP contribution is -2.28. The average molecular weight is 854 g/mol. The Morgan fingerprint density at radius 2 is 0.881 bits per heavy atom. The fourth-order valence-electron chi connectivity index (χ4n) is 10.9. The van der Waals surface area contributed by atoms with Crippen LogP contribution in [0.4, 0.5) is 17.1 Å². The molecular weight excluding hydrogens is 811 g/mol. The molecule has 1 aliphatic carbocycles. The van der Waals surface area contributed by atoms with Gasteiger partial charge in [0.05, 0.1) is 11.1 Å². The Hall–Kier alpha value is -8.72. The zero-order valence-electron chi connectivity index (χ0n) is 36.7. The minimum Gasteiger partial charge on any atom is -0.455 e. The van der Waals surface area contributed by atoms with Crippen molar-refractivity contribution < 1.29 is 4.42 Å². The monoisotopic (exact) mass is 853 g/mol. The molecule has 11 aromatic carbocycles. The second kappa shape index (κ2) is 15.8. The molecule has 67 heavy (non-hydrogen) atoms. The van der Waals surface area contributed by atoms with Crippen molar-refractivity contribution in [1.82, 2.24) is 0 Å². The summed E-state index contributed by atoms with van der Waals surface area (Å²) in [6, 6.07) is 95.1. The number of para-hydroxylation sites is 3. The van der Waals surface area contributed by atoms with Crippen LogP contribution in [0.3, 0.4) is 0 Å². The molecule has 0 bridgehead atoms. The predicted molar refractivity (Wildman–Crippen MR) is 280 cm³/mol. The number of hydrogen-bond donors (Lipinski definition) is 0. The van der Waals surface area contributed by atoms with Gasteiger partial charge in [-0.05, 0) is 115 Å². The summed E-state index contributed by atoms with van der Waals surface area (Å²) in [6.07, 6.45) is 0. The first-order chi connectivity index (χ1) is 33.2. The molecule has 0 amide bonds. The van der Waals surface area contributed by atoms with E-state index in [4.69, 9.17) is 4.42 Å². The zero-order valence-corrected chi connectivity index (χ0v) is 36.7. The predicted octanol–water partition coefficient (Wildman–Crippen LogP) is 17.6. The molecule has 1 aliphatic rings. The molecule has 0 saturated carbocycles. The van der Waals surface area contributed by atoms with Crippen LogP contribution in [-0.4, -0.2) is 0 Å². The van der Waals surface area contributed by atoms with Crippen LogP contribution in [0.1, 0.15) is 22.3 Å². The number of nitrogens with zero attached hydrogens (tertiary/aromatic N) is 1. The zero-order chi connectivity index (χ0) is 44.3. The molecular formula is C65H43NO. The van der Waals surface area contributed by atoms with E-state index in [0.29, 0.717) is 0 Å². The van der Waals surface area contributed by atoms with Crippen molar-refractivity contribution in [3.63, 3.8) is 0 Å². The summed E-state index contributed by atoms with van der Waals surface area (Å²) in [5.74, 6) is 0. The quantitative estimate of drug-likeness (QED) is 0.151. The van der Waals surface area contributed by atoms with Crippen molar-refractivity contribution >= 4 is 49.8 Å². The first kappa shape index (κ1) is 38.7. The lowest BCUT2D eigenvalue weighted by molar-refractivity contribution is 0.670. The van der Waals surface area contributed by atoms with Gasteiger partial charge in [-0.15, -0.1) is 0 Å². The second-order valence-electron chi connectivity index (χ2n) is 17.6. The van der Waals surface area contributed by atoms with Crippen LogP contribution in [0.5, 0.6) is 0 Å². The molecule has 0 N–H and O–H groups in total. The van der Waals surface area contributed by atoms with Gasteiger partial charge in [0, 0.05) is 33.3 Å². The van der Waals surface area contributed by atoms with E-state index in [0.717, 1.165) is 55.7 Å². The summed E-state index contributed by atoms with van der Waals surface area (Å²) < 4.78 is 6.71. The topological polar surface area (TPSA) is 16.4 Å². The van der Waals surface area contributed by atoms with Crippen LogP contribution in [0.2, 0.25) is 0 Å². The number of anilines is 3. The highest BCUT2D eigenvalue weighted by atomic mass is 16.3. The summed E-state index contributed by atoms with van der Waals surface area (Å²) in [6.45, 7) is 0. The van der Waals surface area contributed by atoms with Crippen LogP contribution in [0.25, 0.3) is 77.2 Å². The number of fused-ring (bicyclic) bond motifs is 7. The highest BCUT2D eigenvalue weighted by Crippen LogP contribution is 2.57. The number of hydrogen-bond acceptors (Lipinski definition) is 2. The molecule has 0 saturated heterocycles. The largest absolute Gasteiger partial charge is 0.455 e. The van der Waals surface area contributed by atoms with Crippen molar-refractivity contribution in [2.24, 2.45) is 0 Å². The molecule has 2 nitrogen and oxygen atoms in total. The van der Waals surface area contributed by atoms with E-state index >= 15 is 0 Å². The summed E-state index contributed by atoms with van der Waals surface area (Å²) >= 11 is 0. The van der Waals surface area contributed by atoms with Crippen LogP contribution in [0.15, 0.2) is 265 Å². The van der Waals surface area contributed by atoms with Crippen molar-refractivity contribution in [3.8, 4) is 44.5 Å². The second-order valence-corrected chi connectivity index (χ2v) is 17.6. The Labute approximate surface area is 390 Å². The molecule has 1 aromatic heterocycles. The molecule has 0 atom stereocenters. The first-order valence-electron chi connectivity index (χ1n) is 23.1. The fraction of sp³-hybridized carbons (Fsp3) is 0.0154. The van der Waals surface area contributed by atoms with Gasteiger partial charge in [0.15, 0.2) is 0 Å². The molecule has 2 heteroatoms. The Bertz CT molecular complexity index is 3770. The van der Waals surface area contributed by atoms with Gasteiger partial charge in [-0.25, -0.2) is 0 Å². The summed E-state index contributed by atoms with van der Waals surface area (Å²) in [4.78, 5) is 2.44. The molecule has 12 aromatic rings. The lowest BCUT2D eigenvalue weighted by atomic mass is 9.67. The maximum Gasteiger partial charge on any atom is 0.143 e. The van der Waals surface area contributed by atoms with Gasteiger partial charge in [0.25, 0.3) is 0 Å². The number of benzene rings is 11. The summed E-state index contributed by atoms with van der Waals surface area (Å²) in [5.41, 5.74) is 18.8. The smallest absolute Gasteiger partial charge is 0.143 e. The van der Waals surface area contributed by atoms with Gasteiger partial charge in [-0.1, -0.05) is 212 Å².